The van der Waals surface area contributed by atoms with Gasteiger partial charge in [-0.2, -0.15) is 5.26 Å². The Hall–Kier alpha value is -3.30. The van der Waals surface area contributed by atoms with E-state index in [9.17, 15) is 5.26 Å². The summed E-state index contributed by atoms with van der Waals surface area (Å²) >= 11 is 5.25. The summed E-state index contributed by atoms with van der Waals surface area (Å²) in [5, 5.41) is 14.9. The highest BCUT2D eigenvalue weighted by Crippen LogP contribution is 2.39. The molecule has 1 aliphatic rings. The van der Waals surface area contributed by atoms with Gasteiger partial charge in [-0.25, -0.2) is 4.98 Å². The number of methoxy groups -OCH3 is 1. The minimum Gasteiger partial charge on any atom is -0.493 e. The summed E-state index contributed by atoms with van der Waals surface area (Å²) in [5.41, 5.74) is 2.64. The molecule has 2 aromatic carbocycles. The molecule has 5 rings (SSSR count). The largest absolute Gasteiger partial charge is 0.493 e. The van der Waals surface area contributed by atoms with Gasteiger partial charge in [0, 0.05) is 71.8 Å². The second kappa shape index (κ2) is 12.7. The second-order valence-electron chi connectivity index (χ2n) is 9.03. The van der Waals surface area contributed by atoms with Gasteiger partial charge in [0.1, 0.15) is 6.07 Å². The first-order valence-corrected chi connectivity index (χ1v) is 14.2. The Morgan fingerprint density at radius 1 is 1.18 bits per heavy atom. The monoisotopic (exact) mass is 608 g/mol. The predicted octanol–water partition coefficient (Wildman–Crippen LogP) is 5.61. The van der Waals surface area contributed by atoms with Crippen LogP contribution in [0.2, 0.25) is 0 Å². The summed E-state index contributed by atoms with van der Waals surface area (Å²) in [5.74, 6) is 1.23. The lowest BCUT2D eigenvalue weighted by molar-refractivity contribution is 0.0357. The first-order chi connectivity index (χ1) is 19.1. The average Bonchev–Trinajstić information content (AvgIpc) is 3.36. The van der Waals surface area contributed by atoms with Crippen LogP contribution in [0.3, 0.4) is 0 Å². The van der Waals surface area contributed by atoms with Crippen molar-refractivity contribution in [3.05, 3.63) is 59.0 Å². The third-order valence-electron chi connectivity index (χ3n) is 6.43. The molecule has 202 valence electrons. The van der Waals surface area contributed by atoms with Crippen molar-refractivity contribution in [3.63, 3.8) is 0 Å². The minimum atomic E-state index is 0.436. The van der Waals surface area contributed by atoms with Crippen molar-refractivity contribution in [1.82, 2.24) is 19.4 Å². The molecule has 0 spiro atoms. The number of hydrogen-bond acceptors (Lipinski definition) is 9. The standard InChI is InChI=1S/C28H29BrN6O3S/c1-34-8-6-31-28(34)39-26-5-4-20(14-22(26)29)33-27-19(17-30)18-32-23-16-25(24(36-2)15-21(23)27)38-11-3-7-35-9-12-37-13-10-35/h4-6,8,14-16,18H,3,7,9-13H2,1-2H3,(H,32,33). The van der Waals surface area contributed by atoms with Crippen molar-refractivity contribution in [3.8, 4) is 17.6 Å². The highest BCUT2D eigenvalue weighted by atomic mass is 79.9. The lowest BCUT2D eigenvalue weighted by Crippen LogP contribution is -2.37. The van der Waals surface area contributed by atoms with Gasteiger partial charge < -0.3 is 24.1 Å². The van der Waals surface area contributed by atoms with E-state index in [1.807, 2.05) is 48.1 Å². The van der Waals surface area contributed by atoms with E-state index in [-0.39, 0.29) is 0 Å². The van der Waals surface area contributed by atoms with Gasteiger partial charge in [-0.3, -0.25) is 9.88 Å². The van der Waals surface area contributed by atoms with Crippen LogP contribution in [0.15, 0.2) is 63.4 Å². The number of imidazole rings is 1. The van der Waals surface area contributed by atoms with Gasteiger partial charge in [0.05, 0.1) is 43.7 Å². The Labute approximate surface area is 240 Å². The number of hydrogen-bond donors (Lipinski definition) is 1. The zero-order chi connectivity index (χ0) is 27.2. The quantitative estimate of drug-likeness (QED) is 0.230. The number of rotatable bonds is 10. The molecule has 0 unspecified atom stereocenters. The number of nitrogens with one attached hydrogen (secondary N) is 1. The van der Waals surface area contributed by atoms with E-state index in [0.717, 1.165) is 64.9 Å². The molecule has 0 bridgehead atoms. The van der Waals surface area contributed by atoms with Crippen molar-refractivity contribution in [2.24, 2.45) is 7.05 Å². The number of fused-ring (bicyclic) bond motifs is 1. The number of nitrogens with zero attached hydrogens (tertiary/aromatic N) is 5. The summed E-state index contributed by atoms with van der Waals surface area (Å²) in [6.07, 6.45) is 6.18. The Bertz CT molecular complexity index is 1500. The molecule has 0 atom stereocenters. The lowest BCUT2D eigenvalue weighted by Gasteiger charge is -2.26. The van der Waals surface area contributed by atoms with E-state index in [4.69, 9.17) is 14.2 Å². The molecule has 0 saturated carbocycles. The Balaban J connectivity index is 1.35. The highest BCUT2D eigenvalue weighted by molar-refractivity contribution is 9.10. The number of ether oxygens (including phenoxy) is 3. The van der Waals surface area contributed by atoms with Crippen LogP contribution in [0, 0.1) is 11.3 Å². The molecule has 2 aromatic heterocycles. The van der Waals surface area contributed by atoms with Gasteiger partial charge in [0.2, 0.25) is 0 Å². The van der Waals surface area contributed by atoms with Crippen LogP contribution >= 0.6 is 27.7 Å². The van der Waals surface area contributed by atoms with E-state index in [0.29, 0.717) is 34.9 Å². The predicted molar refractivity (Wildman–Crippen MR) is 155 cm³/mol. The first kappa shape index (κ1) is 27.3. The summed E-state index contributed by atoms with van der Waals surface area (Å²) in [7, 11) is 3.58. The molecule has 39 heavy (non-hydrogen) atoms. The molecule has 9 nitrogen and oxygen atoms in total. The number of anilines is 2. The molecule has 0 amide bonds. The molecule has 11 heteroatoms. The molecule has 1 fully saturated rings. The van der Waals surface area contributed by atoms with Crippen LogP contribution in [0.25, 0.3) is 10.9 Å². The number of morpholine rings is 1. The van der Waals surface area contributed by atoms with Gasteiger partial charge >= 0.3 is 0 Å². The van der Waals surface area contributed by atoms with Crippen molar-refractivity contribution >= 4 is 50.0 Å². The van der Waals surface area contributed by atoms with Crippen molar-refractivity contribution < 1.29 is 14.2 Å². The van der Waals surface area contributed by atoms with E-state index >= 15 is 0 Å². The molecule has 1 N–H and O–H groups in total. The van der Waals surface area contributed by atoms with Gasteiger partial charge in [-0.1, -0.05) is 11.8 Å². The van der Waals surface area contributed by atoms with Crippen LogP contribution in [0.4, 0.5) is 11.4 Å². The number of pyridine rings is 1. The fourth-order valence-electron chi connectivity index (χ4n) is 4.34. The van der Waals surface area contributed by atoms with Crippen LogP contribution in [-0.2, 0) is 11.8 Å². The maximum absolute atomic E-state index is 9.84. The average molecular weight is 610 g/mol. The fourth-order valence-corrected chi connectivity index (χ4v) is 5.77. The molecular formula is C28H29BrN6O3S. The van der Waals surface area contributed by atoms with E-state index in [1.165, 1.54) is 0 Å². The van der Waals surface area contributed by atoms with Gasteiger partial charge in [0.15, 0.2) is 16.7 Å². The van der Waals surface area contributed by atoms with E-state index in [2.05, 4.69) is 42.2 Å². The zero-order valence-corrected chi connectivity index (χ0v) is 24.2. The topological polar surface area (TPSA) is 97.5 Å². The first-order valence-electron chi connectivity index (χ1n) is 12.6. The normalized spacial score (nSPS) is 13.8. The second-order valence-corrected chi connectivity index (χ2v) is 10.9. The number of aromatic nitrogens is 3. The third-order valence-corrected chi connectivity index (χ3v) is 8.50. The van der Waals surface area contributed by atoms with Crippen molar-refractivity contribution in [2.75, 3.05) is 51.9 Å². The van der Waals surface area contributed by atoms with Gasteiger partial charge in [0.25, 0.3) is 0 Å². The zero-order valence-electron chi connectivity index (χ0n) is 21.8. The van der Waals surface area contributed by atoms with Crippen LogP contribution in [-0.4, -0.2) is 66.0 Å². The summed E-state index contributed by atoms with van der Waals surface area (Å²) < 4.78 is 20.1. The van der Waals surface area contributed by atoms with Crippen molar-refractivity contribution in [2.45, 2.75) is 16.5 Å². The fraction of sp³-hybridized carbons (Fsp3) is 0.321. The Morgan fingerprint density at radius 2 is 2.03 bits per heavy atom. The van der Waals surface area contributed by atoms with E-state index in [1.54, 1.807) is 31.3 Å². The maximum Gasteiger partial charge on any atom is 0.172 e. The minimum absolute atomic E-state index is 0.436. The SMILES string of the molecule is COc1cc2c(Nc3ccc(Sc4nccn4C)c(Br)c3)c(C#N)cnc2cc1OCCCN1CCOCC1. The van der Waals surface area contributed by atoms with Crippen LogP contribution in [0.1, 0.15) is 12.0 Å². The third kappa shape index (κ3) is 6.47. The summed E-state index contributed by atoms with van der Waals surface area (Å²) in [6, 6.07) is 12.0. The summed E-state index contributed by atoms with van der Waals surface area (Å²) in [6.45, 7) is 5.03. The lowest BCUT2D eigenvalue weighted by atomic mass is 10.1. The number of nitriles is 1. The Kier molecular flexibility index (Phi) is 8.88. The van der Waals surface area contributed by atoms with Crippen LogP contribution < -0.4 is 14.8 Å². The van der Waals surface area contributed by atoms with Gasteiger partial charge in [-0.05, 0) is 46.6 Å². The number of halogens is 1. The smallest absolute Gasteiger partial charge is 0.172 e. The molecule has 1 saturated heterocycles. The molecule has 0 aliphatic carbocycles. The van der Waals surface area contributed by atoms with Gasteiger partial charge in [-0.15, -0.1) is 0 Å². The number of benzene rings is 2. The molecular weight excluding hydrogens is 580 g/mol. The highest BCUT2D eigenvalue weighted by Gasteiger charge is 2.16. The van der Waals surface area contributed by atoms with Crippen molar-refractivity contribution in [1.29, 1.82) is 5.26 Å². The maximum atomic E-state index is 9.84. The molecule has 0 radical (unpaired) electrons. The molecule has 3 heterocycles. The molecule has 4 aromatic rings. The Morgan fingerprint density at radius 3 is 2.74 bits per heavy atom. The van der Waals surface area contributed by atoms with Crippen LogP contribution in [0.5, 0.6) is 11.5 Å². The number of aryl methyl sites for hydroxylation is 1. The molecule has 1 aliphatic heterocycles. The van der Waals surface area contributed by atoms with E-state index < -0.39 is 0 Å². The summed E-state index contributed by atoms with van der Waals surface area (Å²) in [4.78, 5) is 12.3.